The van der Waals surface area contributed by atoms with Crippen LogP contribution in [0.5, 0.6) is 0 Å². The fraction of sp³-hybridized carbons (Fsp3) is 0.636. The molecule has 1 aliphatic heterocycles. The molecule has 0 radical (unpaired) electrons. The second-order valence-corrected chi connectivity index (χ2v) is 7.33. The molecule has 2 heterocycles. The third-order valence-electron chi connectivity index (χ3n) is 3.27. The van der Waals surface area contributed by atoms with Crippen LogP contribution in [-0.2, 0) is 10.2 Å². The summed E-state index contributed by atoms with van der Waals surface area (Å²) in [5, 5.41) is 5.13. The highest BCUT2D eigenvalue weighted by Crippen LogP contribution is 2.26. The number of rotatable bonds is 4. The summed E-state index contributed by atoms with van der Waals surface area (Å²) in [6, 6.07) is 3.80. The Hall–Kier alpha value is -0.470. The minimum absolute atomic E-state index is 0.120. The maximum Gasteiger partial charge on any atom is 0.282 e. The molecule has 0 aliphatic carbocycles. The van der Waals surface area contributed by atoms with Gasteiger partial charge in [-0.3, -0.25) is 0 Å². The van der Waals surface area contributed by atoms with Gasteiger partial charge in [0.2, 0.25) is 0 Å². The van der Waals surface area contributed by atoms with Crippen molar-refractivity contribution in [2.45, 2.75) is 13.0 Å². The molecule has 0 aromatic carbocycles. The highest BCUT2D eigenvalue weighted by Gasteiger charge is 2.31. The highest BCUT2D eigenvalue weighted by molar-refractivity contribution is 7.86. The number of piperazine rings is 1. The Morgan fingerprint density at radius 1 is 1.44 bits per heavy atom. The van der Waals surface area contributed by atoms with Gasteiger partial charge in [-0.1, -0.05) is 6.07 Å². The molecule has 1 fully saturated rings. The molecular weight excluding hydrogens is 270 g/mol. The summed E-state index contributed by atoms with van der Waals surface area (Å²) in [6.45, 7) is 4.46. The Labute approximate surface area is 113 Å². The van der Waals surface area contributed by atoms with Crippen molar-refractivity contribution in [3.8, 4) is 0 Å². The second kappa shape index (κ2) is 5.66. The van der Waals surface area contributed by atoms with Crippen molar-refractivity contribution in [1.82, 2.24) is 13.9 Å². The lowest BCUT2D eigenvalue weighted by molar-refractivity contribution is 0.307. The molecule has 18 heavy (non-hydrogen) atoms. The summed E-state index contributed by atoms with van der Waals surface area (Å²) in [5.74, 6) is 0. The number of thiophene rings is 1. The predicted octanol–water partition coefficient (Wildman–Crippen LogP) is 0.891. The van der Waals surface area contributed by atoms with Crippen LogP contribution in [0, 0.1) is 0 Å². The molecule has 7 heteroatoms. The quantitative estimate of drug-likeness (QED) is 0.895. The van der Waals surface area contributed by atoms with Crippen molar-refractivity contribution in [1.29, 1.82) is 0 Å². The van der Waals surface area contributed by atoms with E-state index < -0.39 is 10.2 Å². The van der Waals surface area contributed by atoms with Crippen LogP contribution in [0.2, 0.25) is 0 Å². The number of nitrogens with zero attached hydrogens (tertiary/aromatic N) is 2. The van der Waals surface area contributed by atoms with E-state index in [-0.39, 0.29) is 6.04 Å². The van der Waals surface area contributed by atoms with Crippen molar-refractivity contribution in [3.05, 3.63) is 22.4 Å². The lowest BCUT2D eigenvalue weighted by Crippen LogP contribution is -2.51. The molecule has 0 saturated carbocycles. The van der Waals surface area contributed by atoms with E-state index >= 15 is 0 Å². The average molecular weight is 289 g/mol. The van der Waals surface area contributed by atoms with E-state index in [4.69, 9.17) is 0 Å². The standard InChI is InChI=1S/C11H19N3O2S2/c1-10(11-4-3-9-17-11)13(2)18(15,16)14-7-5-12-6-8-14/h3-4,9-10,12H,5-8H2,1-2H3. The molecule has 5 nitrogen and oxygen atoms in total. The van der Waals surface area contributed by atoms with Crippen LogP contribution in [0.15, 0.2) is 17.5 Å². The molecule has 102 valence electrons. The predicted molar refractivity (Wildman–Crippen MR) is 73.9 cm³/mol. The monoisotopic (exact) mass is 289 g/mol. The Morgan fingerprint density at radius 3 is 2.67 bits per heavy atom. The SMILES string of the molecule is CC(c1cccs1)N(C)S(=O)(=O)N1CCNCC1. The van der Waals surface area contributed by atoms with Gasteiger partial charge in [0, 0.05) is 38.1 Å². The van der Waals surface area contributed by atoms with Gasteiger partial charge in [-0.2, -0.15) is 17.0 Å². The fourth-order valence-electron chi connectivity index (χ4n) is 1.97. The topological polar surface area (TPSA) is 52.7 Å². The van der Waals surface area contributed by atoms with Gasteiger partial charge in [0.25, 0.3) is 10.2 Å². The maximum atomic E-state index is 12.5. The molecule has 1 atom stereocenters. The summed E-state index contributed by atoms with van der Waals surface area (Å²) in [7, 11) is -1.70. The van der Waals surface area contributed by atoms with Crippen molar-refractivity contribution < 1.29 is 8.42 Å². The minimum Gasteiger partial charge on any atom is -0.314 e. The lowest BCUT2D eigenvalue weighted by atomic mass is 10.3. The average Bonchev–Trinajstić information content (AvgIpc) is 2.92. The van der Waals surface area contributed by atoms with Crippen molar-refractivity contribution >= 4 is 21.5 Å². The molecule has 2 rings (SSSR count). The molecule has 1 aromatic rings. The Kier molecular flexibility index (Phi) is 4.39. The molecule has 0 bridgehead atoms. The van der Waals surface area contributed by atoms with Crippen LogP contribution in [0.4, 0.5) is 0 Å². The van der Waals surface area contributed by atoms with Crippen LogP contribution in [0.3, 0.4) is 0 Å². The zero-order valence-electron chi connectivity index (χ0n) is 10.7. The van der Waals surface area contributed by atoms with Gasteiger partial charge >= 0.3 is 0 Å². The largest absolute Gasteiger partial charge is 0.314 e. The summed E-state index contributed by atoms with van der Waals surface area (Å²) in [4.78, 5) is 1.07. The molecule has 1 N–H and O–H groups in total. The summed E-state index contributed by atoms with van der Waals surface area (Å²) >= 11 is 1.59. The summed E-state index contributed by atoms with van der Waals surface area (Å²) in [6.07, 6.45) is 0. The van der Waals surface area contributed by atoms with Crippen LogP contribution >= 0.6 is 11.3 Å². The molecule has 1 unspecified atom stereocenters. The van der Waals surface area contributed by atoms with Gasteiger partial charge in [0.1, 0.15) is 0 Å². The first-order valence-corrected chi connectivity index (χ1v) is 8.28. The number of hydrogen-bond donors (Lipinski definition) is 1. The van der Waals surface area contributed by atoms with Gasteiger partial charge in [-0.25, -0.2) is 0 Å². The first-order valence-electron chi connectivity index (χ1n) is 6.00. The van der Waals surface area contributed by atoms with Crippen LogP contribution in [0.25, 0.3) is 0 Å². The smallest absolute Gasteiger partial charge is 0.282 e. The van der Waals surface area contributed by atoms with E-state index in [0.717, 1.165) is 18.0 Å². The maximum absolute atomic E-state index is 12.5. The molecule has 0 spiro atoms. The van der Waals surface area contributed by atoms with Gasteiger partial charge in [-0.05, 0) is 18.4 Å². The highest BCUT2D eigenvalue weighted by atomic mass is 32.2. The van der Waals surface area contributed by atoms with E-state index in [9.17, 15) is 8.42 Å². The second-order valence-electron chi connectivity index (χ2n) is 4.36. The van der Waals surface area contributed by atoms with E-state index in [1.807, 2.05) is 24.4 Å². The Bertz CT molecular complexity index is 466. The van der Waals surface area contributed by atoms with Crippen molar-refractivity contribution in [3.63, 3.8) is 0 Å². The molecular formula is C11H19N3O2S2. The zero-order valence-corrected chi connectivity index (χ0v) is 12.3. The summed E-state index contributed by atoms with van der Waals surface area (Å²) in [5.41, 5.74) is 0. The molecule has 1 saturated heterocycles. The number of hydrogen-bond acceptors (Lipinski definition) is 4. The van der Waals surface area contributed by atoms with Crippen LogP contribution in [-0.4, -0.2) is 50.3 Å². The first kappa shape index (κ1) is 14.0. The van der Waals surface area contributed by atoms with Crippen LogP contribution in [0.1, 0.15) is 17.8 Å². The third-order valence-corrected chi connectivity index (χ3v) is 6.37. The van der Waals surface area contributed by atoms with E-state index in [1.54, 1.807) is 22.7 Å². The minimum atomic E-state index is -3.35. The van der Waals surface area contributed by atoms with Gasteiger partial charge in [0.05, 0.1) is 6.04 Å². The zero-order chi connectivity index (χ0) is 13.2. The number of nitrogens with one attached hydrogen (secondary N) is 1. The molecule has 1 aromatic heterocycles. The third kappa shape index (κ3) is 2.75. The Morgan fingerprint density at radius 2 is 2.11 bits per heavy atom. The Balaban J connectivity index is 2.13. The molecule has 1 aliphatic rings. The van der Waals surface area contributed by atoms with Crippen molar-refractivity contribution in [2.75, 3.05) is 33.2 Å². The van der Waals surface area contributed by atoms with Gasteiger partial charge in [0.15, 0.2) is 0 Å². The van der Waals surface area contributed by atoms with Gasteiger partial charge in [-0.15, -0.1) is 11.3 Å². The first-order chi connectivity index (χ1) is 8.53. The molecule has 0 amide bonds. The normalized spacial score (nSPS) is 20.2. The van der Waals surface area contributed by atoms with Crippen molar-refractivity contribution in [2.24, 2.45) is 0 Å². The lowest BCUT2D eigenvalue weighted by Gasteiger charge is -2.33. The van der Waals surface area contributed by atoms with Crippen LogP contribution < -0.4 is 5.32 Å². The van der Waals surface area contributed by atoms with E-state index in [0.29, 0.717) is 13.1 Å². The fourth-order valence-corrected chi connectivity index (χ4v) is 4.38. The summed E-state index contributed by atoms with van der Waals surface area (Å²) < 4.78 is 27.9. The van der Waals surface area contributed by atoms with Gasteiger partial charge < -0.3 is 5.32 Å². The van der Waals surface area contributed by atoms with E-state index in [1.165, 1.54) is 4.31 Å². The van der Waals surface area contributed by atoms with E-state index in [2.05, 4.69) is 5.32 Å².